The molecule has 3 heteroatoms. The van der Waals surface area contributed by atoms with Crippen LogP contribution < -0.4 is 14.8 Å². The first-order valence-corrected chi connectivity index (χ1v) is 7.25. The van der Waals surface area contributed by atoms with Gasteiger partial charge in [0.2, 0.25) is 0 Å². The maximum absolute atomic E-state index is 5.83. The number of fused-ring (bicyclic) bond motifs is 1. The van der Waals surface area contributed by atoms with Gasteiger partial charge < -0.3 is 14.8 Å². The van der Waals surface area contributed by atoms with E-state index in [1.54, 1.807) is 7.11 Å². The van der Waals surface area contributed by atoms with Crippen LogP contribution in [0.15, 0.2) is 12.1 Å². The topological polar surface area (TPSA) is 30.5 Å². The lowest BCUT2D eigenvalue weighted by Crippen LogP contribution is -2.39. The van der Waals surface area contributed by atoms with Crippen LogP contribution in [0.4, 0.5) is 0 Å². The van der Waals surface area contributed by atoms with Crippen molar-refractivity contribution in [3.05, 3.63) is 23.3 Å². The Hall–Kier alpha value is -1.22. The van der Waals surface area contributed by atoms with Gasteiger partial charge in [-0.15, -0.1) is 0 Å². The van der Waals surface area contributed by atoms with Crippen LogP contribution in [-0.2, 0) is 13.0 Å². The van der Waals surface area contributed by atoms with Crippen LogP contribution in [0.2, 0.25) is 0 Å². The Morgan fingerprint density at radius 3 is 2.79 bits per heavy atom. The molecule has 1 heterocycles. The minimum atomic E-state index is 0.287. The van der Waals surface area contributed by atoms with Gasteiger partial charge in [0.1, 0.15) is 17.6 Å². The number of ether oxygens (including phenoxy) is 2. The minimum Gasteiger partial charge on any atom is -0.496 e. The van der Waals surface area contributed by atoms with E-state index in [0.717, 1.165) is 30.4 Å². The Kier molecular flexibility index (Phi) is 3.40. The van der Waals surface area contributed by atoms with Crippen LogP contribution in [0.25, 0.3) is 0 Å². The third-order valence-electron chi connectivity index (χ3n) is 4.25. The van der Waals surface area contributed by atoms with Crippen molar-refractivity contribution in [3.63, 3.8) is 0 Å². The van der Waals surface area contributed by atoms with Gasteiger partial charge in [0.05, 0.1) is 7.11 Å². The summed E-state index contributed by atoms with van der Waals surface area (Å²) in [5.41, 5.74) is 2.47. The van der Waals surface area contributed by atoms with E-state index in [-0.39, 0.29) is 6.10 Å². The summed E-state index contributed by atoms with van der Waals surface area (Å²) < 4.78 is 11.3. The second-order valence-electron chi connectivity index (χ2n) is 6.06. The maximum Gasteiger partial charge on any atom is 0.123 e. The zero-order valence-electron chi connectivity index (χ0n) is 12.0. The molecule has 0 saturated heterocycles. The van der Waals surface area contributed by atoms with Gasteiger partial charge in [0.15, 0.2) is 0 Å². The predicted octanol–water partition coefficient (Wildman–Crippen LogP) is 2.91. The molecule has 1 aromatic carbocycles. The molecule has 2 aliphatic rings. The summed E-state index contributed by atoms with van der Waals surface area (Å²) >= 11 is 0. The second-order valence-corrected chi connectivity index (χ2v) is 6.06. The second kappa shape index (κ2) is 5.04. The third-order valence-corrected chi connectivity index (χ3v) is 4.25. The van der Waals surface area contributed by atoms with E-state index < -0.39 is 0 Å². The first-order valence-electron chi connectivity index (χ1n) is 7.25. The van der Waals surface area contributed by atoms with Crippen molar-refractivity contribution < 1.29 is 9.47 Å². The van der Waals surface area contributed by atoms with Crippen molar-refractivity contribution in [2.24, 2.45) is 5.92 Å². The standard InChI is InChI=1S/C16H23NO2/c1-10-4-14(5-10)17-9-13-8-16-12(6-11(2)19-16)7-15(13)18-3/h7-8,10-11,14,17H,4-6,9H2,1-3H3. The normalized spacial score (nSPS) is 28.5. The Morgan fingerprint density at radius 1 is 1.32 bits per heavy atom. The van der Waals surface area contributed by atoms with E-state index in [2.05, 4.69) is 31.3 Å². The molecule has 0 spiro atoms. The average molecular weight is 261 g/mol. The van der Waals surface area contributed by atoms with Crippen molar-refractivity contribution in [2.75, 3.05) is 7.11 Å². The smallest absolute Gasteiger partial charge is 0.123 e. The molecule has 0 bridgehead atoms. The fourth-order valence-electron chi connectivity index (χ4n) is 3.13. The molecular formula is C16H23NO2. The summed E-state index contributed by atoms with van der Waals surface area (Å²) in [6.07, 6.45) is 3.86. The van der Waals surface area contributed by atoms with Gasteiger partial charge in [-0.05, 0) is 37.8 Å². The number of hydrogen-bond acceptors (Lipinski definition) is 3. The van der Waals surface area contributed by atoms with Gasteiger partial charge in [-0.1, -0.05) is 6.92 Å². The highest BCUT2D eigenvalue weighted by molar-refractivity contribution is 5.48. The number of nitrogens with one attached hydrogen (secondary N) is 1. The van der Waals surface area contributed by atoms with Crippen LogP contribution in [0.5, 0.6) is 11.5 Å². The predicted molar refractivity (Wildman–Crippen MR) is 75.8 cm³/mol. The van der Waals surface area contributed by atoms with Gasteiger partial charge in [-0.2, -0.15) is 0 Å². The Bertz CT molecular complexity index is 466. The van der Waals surface area contributed by atoms with Gasteiger partial charge in [0.25, 0.3) is 0 Å². The van der Waals surface area contributed by atoms with Crippen molar-refractivity contribution >= 4 is 0 Å². The SMILES string of the molecule is COc1cc2c(cc1CNC1CC(C)C1)OC(C)C2. The van der Waals surface area contributed by atoms with Gasteiger partial charge >= 0.3 is 0 Å². The summed E-state index contributed by atoms with van der Waals surface area (Å²) in [4.78, 5) is 0. The third kappa shape index (κ3) is 2.57. The lowest BCUT2D eigenvalue weighted by molar-refractivity contribution is 0.239. The zero-order chi connectivity index (χ0) is 13.4. The van der Waals surface area contributed by atoms with E-state index in [1.807, 2.05) is 0 Å². The van der Waals surface area contributed by atoms with E-state index in [4.69, 9.17) is 9.47 Å². The molecule has 1 aliphatic heterocycles. The fraction of sp³-hybridized carbons (Fsp3) is 0.625. The zero-order valence-corrected chi connectivity index (χ0v) is 12.0. The Labute approximate surface area is 115 Å². The molecule has 19 heavy (non-hydrogen) atoms. The highest BCUT2D eigenvalue weighted by Gasteiger charge is 2.26. The molecule has 1 saturated carbocycles. The molecule has 1 aliphatic carbocycles. The van der Waals surface area contributed by atoms with Crippen LogP contribution in [0.1, 0.15) is 37.8 Å². The molecule has 3 nitrogen and oxygen atoms in total. The molecule has 3 rings (SSSR count). The number of methoxy groups -OCH3 is 1. The molecule has 1 fully saturated rings. The molecule has 0 aromatic heterocycles. The highest BCUT2D eigenvalue weighted by Crippen LogP contribution is 2.35. The summed E-state index contributed by atoms with van der Waals surface area (Å²) in [6, 6.07) is 4.96. The summed E-state index contributed by atoms with van der Waals surface area (Å²) in [7, 11) is 1.75. The number of benzene rings is 1. The molecule has 0 amide bonds. The Balaban J connectivity index is 1.71. The van der Waals surface area contributed by atoms with E-state index >= 15 is 0 Å². The molecule has 1 aromatic rings. The maximum atomic E-state index is 5.83. The largest absolute Gasteiger partial charge is 0.496 e. The molecule has 1 N–H and O–H groups in total. The lowest BCUT2D eigenvalue weighted by Gasteiger charge is -2.33. The van der Waals surface area contributed by atoms with Crippen molar-refractivity contribution in [1.82, 2.24) is 5.32 Å². The van der Waals surface area contributed by atoms with E-state index in [0.29, 0.717) is 6.04 Å². The van der Waals surface area contributed by atoms with Crippen molar-refractivity contribution in [2.45, 2.75) is 51.8 Å². The van der Waals surface area contributed by atoms with Crippen LogP contribution in [-0.4, -0.2) is 19.3 Å². The highest BCUT2D eigenvalue weighted by atomic mass is 16.5. The van der Waals surface area contributed by atoms with E-state index in [1.165, 1.54) is 24.0 Å². The molecule has 1 unspecified atom stereocenters. The summed E-state index contributed by atoms with van der Waals surface area (Å²) in [5.74, 6) is 2.90. The van der Waals surface area contributed by atoms with E-state index in [9.17, 15) is 0 Å². The quantitative estimate of drug-likeness (QED) is 0.904. The molecule has 104 valence electrons. The first kappa shape index (κ1) is 12.8. The molecular weight excluding hydrogens is 238 g/mol. The Morgan fingerprint density at radius 2 is 2.11 bits per heavy atom. The van der Waals surface area contributed by atoms with Crippen LogP contribution in [0.3, 0.4) is 0 Å². The number of hydrogen-bond donors (Lipinski definition) is 1. The number of rotatable bonds is 4. The fourth-order valence-corrected chi connectivity index (χ4v) is 3.13. The monoisotopic (exact) mass is 261 g/mol. The van der Waals surface area contributed by atoms with Crippen LogP contribution >= 0.6 is 0 Å². The molecule has 1 atom stereocenters. The summed E-state index contributed by atoms with van der Waals surface area (Å²) in [5, 5.41) is 3.61. The first-order chi connectivity index (χ1) is 9.15. The van der Waals surface area contributed by atoms with Crippen molar-refractivity contribution in [3.8, 4) is 11.5 Å². The average Bonchev–Trinajstić information content (AvgIpc) is 2.71. The summed E-state index contributed by atoms with van der Waals surface area (Å²) in [6.45, 7) is 5.29. The van der Waals surface area contributed by atoms with Gasteiger partial charge in [-0.25, -0.2) is 0 Å². The lowest BCUT2D eigenvalue weighted by atomic mass is 9.82. The molecule has 0 radical (unpaired) electrons. The van der Waals surface area contributed by atoms with Crippen molar-refractivity contribution in [1.29, 1.82) is 0 Å². The van der Waals surface area contributed by atoms with Gasteiger partial charge in [-0.3, -0.25) is 0 Å². The minimum absolute atomic E-state index is 0.287. The van der Waals surface area contributed by atoms with Gasteiger partial charge in [0, 0.05) is 30.1 Å². The van der Waals surface area contributed by atoms with Crippen LogP contribution in [0, 0.1) is 5.92 Å².